The van der Waals surface area contributed by atoms with Gasteiger partial charge in [0.1, 0.15) is 0 Å². The molecule has 2 atom stereocenters. The molecule has 0 aliphatic carbocycles. The lowest BCUT2D eigenvalue weighted by atomic mass is 9.97. The molecule has 2 nitrogen and oxygen atoms in total. The van der Waals surface area contributed by atoms with E-state index in [-0.39, 0.29) is 0 Å². The number of rotatable bonds is 1. The first-order valence-electron chi connectivity index (χ1n) is 4.07. The summed E-state index contributed by atoms with van der Waals surface area (Å²) in [4.78, 5) is 2.31. The molecule has 1 N–H and O–H groups in total. The Kier molecular flexibility index (Phi) is 2.69. The van der Waals surface area contributed by atoms with Crippen molar-refractivity contribution in [2.45, 2.75) is 19.4 Å². The molecule has 1 rings (SSSR count). The van der Waals surface area contributed by atoms with Crippen LogP contribution in [0.5, 0.6) is 0 Å². The fourth-order valence-electron chi connectivity index (χ4n) is 1.52. The minimum absolute atomic E-state index is 0.753. The van der Waals surface area contributed by atoms with Crippen molar-refractivity contribution in [2.75, 3.05) is 27.2 Å². The molecule has 0 bridgehead atoms. The van der Waals surface area contributed by atoms with E-state index in [0.717, 1.165) is 18.5 Å². The number of hydrogen-bond donors (Lipinski definition) is 1. The van der Waals surface area contributed by atoms with Crippen LogP contribution in [0.4, 0.5) is 0 Å². The largest absolute Gasteiger partial charge is 0.315 e. The Hall–Kier alpha value is -0.0800. The van der Waals surface area contributed by atoms with E-state index in [1.165, 1.54) is 13.0 Å². The molecule has 1 aliphatic rings. The maximum atomic E-state index is 3.42. The Morgan fingerprint density at radius 3 is 2.40 bits per heavy atom. The van der Waals surface area contributed by atoms with Gasteiger partial charge in [0.05, 0.1) is 0 Å². The third-order valence-corrected chi connectivity index (χ3v) is 2.28. The lowest BCUT2D eigenvalue weighted by molar-refractivity contribution is 0.208. The lowest BCUT2D eigenvalue weighted by Gasteiger charge is -2.32. The van der Waals surface area contributed by atoms with Crippen LogP contribution >= 0.6 is 0 Å². The molecule has 0 aromatic heterocycles. The zero-order chi connectivity index (χ0) is 7.56. The van der Waals surface area contributed by atoms with E-state index >= 15 is 0 Å². The third-order valence-electron chi connectivity index (χ3n) is 2.28. The molecule has 0 saturated carbocycles. The highest BCUT2D eigenvalue weighted by atomic mass is 15.1. The van der Waals surface area contributed by atoms with Crippen LogP contribution in [0.2, 0.25) is 0 Å². The summed E-state index contributed by atoms with van der Waals surface area (Å²) in [5.74, 6) is 0.848. The fourth-order valence-corrected chi connectivity index (χ4v) is 1.52. The summed E-state index contributed by atoms with van der Waals surface area (Å²) in [5.41, 5.74) is 0. The first-order chi connectivity index (χ1) is 4.70. The highest BCUT2D eigenvalue weighted by molar-refractivity contribution is 4.78. The first kappa shape index (κ1) is 8.02. The Morgan fingerprint density at radius 2 is 2.00 bits per heavy atom. The van der Waals surface area contributed by atoms with E-state index in [1.807, 2.05) is 0 Å². The van der Waals surface area contributed by atoms with E-state index in [4.69, 9.17) is 0 Å². The van der Waals surface area contributed by atoms with Gasteiger partial charge in [-0.05, 0) is 33.0 Å². The molecule has 1 aliphatic heterocycles. The average Bonchev–Trinajstić information content (AvgIpc) is 1.88. The van der Waals surface area contributed by atoms with E-state index < -0.39 is 0 Å². The Labute approximate surface area is 63.6 Å². The number of hydrogen-bond acceptors (Lipinski definition) is 2. The molecular weight excluding hydrogens is 124 g/mol. The standard InChI is InChI=1S/C8H18N2/c1-7-4-8(10(2)3)6-9-5-7/h7-9H,4-6H2,1-3H3. The summed E-state index contributed by atoms with van der Waals surface area (Å²) < 4.78 is 0. The molecule has 0 spiro atoms. The van der Waals surface area contributed by atoms with Crippen LogP contribution < -0.4 is 5.32 Å². The van der Waals surface area contributed by atoms with Crippen molar-refractivity contribution in [3.63, 3.8) is 0 Å². The maximum Gasteiger partial charge on any atom is 0.0217 e. The molecule has 0 aromatic carbocycles. The van der Waals surface area contributed by atoms with E-state index in [0.29, 0.717) is 0 Å². The van der Waals surface area contributed by atoms with Crippen molar-refractivity contribution in [1.29, 1.82) is 0 Å². The Balaban J connectivity index is 2.32. The van der Waals surface area contributed by atoms with Crippen molar-refractivity contribution >= 4 is 0 Å². The number of piperidine rings is 1. The summed E-state index contributed by atoms with van der Waals surface area (Å²) in [7, 11) is 4.31. The summed E-state index contributed by atoms with van der Waals surface area (Å²) in [6, 6.07) is 0.753. The van der Waals surface area contributed by atoms with Crippen molar-refractivity contribution in [2.24, 2.45) is 5.92 Å². The summed E-state index contributed by atoms with van der Waals surface area (Å²) in [6.45, 7) is 4.67. The summed E-state index contributed by atoms with van der Waals surface area (Å²) in [5, 5.41) is 3.42. The van der Waals surface area contributed by atoms with Gasteiger partial charge in [0, 0.05) is 12.6 Å². The topological polar surface area (TPSA) is 15.3 Å². The molecule has 1 heterocycles. The average molecular weight is 142 g/mol. The molecule has 60 valence electrons. The summed E-state index contributed by atoms with van der Waals surface area (Å²) >= 11 is 0. The van der Waals surface area contributed by atoms with Crippen LogP contribution in [0.1, 0.15) is 13.3 Å². The van der Waals surface area contributed by atoms with Gasteiger partial charge in [-0.25, -0.2) is 0 Å². The normalized spacial score (nSPS) is 34.8. The molecule has 0 amide bonds. The molecule has 1 saturated heterocycles. The molecular formula is C8H18N2. The van der Waals surface area contributed by atoms with E-state index in [2.05, 4.69) is 31.2 Å². The highest BCUT2D eigenvalue weighted by Crippen LogP contribution is 2.12. The van der Waals surface area contributed by atoms with Crippen molar-refractivity contribution in [3.05, 3.63) is 0 Å². The molecule has 10 heavy (non-hydrogen) atoms. The van der Waals surface area contributed by atoms with Gasteiger partial charge in [0.25, 0.3) is 0 Å². The molecule has 0 aromatic rings. The number of likely N-dealkylation sites (N-methyl/N-ethyl adjacent to an activating group) is 1. The minimum atomic E-state index is 0.753. The van der Waals surface area contributed by atoms with Gasteiger partial charge in [-0.15, -0.1) is 0 Å². The minimum Gasteiger partial charge on any atom is -0.315 e. The number of nitrogens with zero attached hydrogens (tertiary/aromatic N) is 1. The van der Waals surface area contributed by atoms with Gasteiger partial charge in [-0.1, -0.05) is 6.92 Å². The molecule has 0 radical (unpaired) electrons. The van der Waals surface area contributed by atoms with Gasteiger partial charge in [0.2, 0.25) is 0 Å². The molecule has 2 heteroatoms. The van der Waals surface area contributed by atoms with Gasteiger partial charge in [-0.3, -0.25) is 0 Å². The number of nitrogens with one attached hydrogen (secondary N) is 1. The van der Waals surface area contributed by atoms with Gasteiger partial charge in [0.15, 0.2) is 0 Å². The van der Waals surface area contributed by atoms with Gasteiger partial charge in [-0.2, -0.15) is 0 Å². The zero-order valence-electron chi connectivity index (χ0n) is 7.22. The van der Waals surface area contributed by atoms with E-state index in [1.54, 1.807) is 0 Å². The second-order valence-corrected chi connectivity index (χ2v) is 3.62. The monoisotopic (exact) mass is 142 g/mol. The van der Waals surface area contributed by atoms with Gasteiger partial charge < -0.3 is 10.2 Å². The predicted octanol–water partition coefficient (Wildman–Crippen LogP) is 0.546. The molecule has 1 fully saturated rings. The van der Waals surface area contributed by atoms with E-state index in [9.17, 15) is 0 Å². The van der Waals surface area contributed by atoms with Crippen LogP contribution in [0.15, 0.2) is 0 Å². The van der Waals surface area contributed by atoms with Crippen LogP contribution in [0.3, 0.4) is 0 Å². The maximum absolute atomic E-state index is 3.42. The first-order valence-corrected chi connectivity index (χ1v) is 4.07. The predicted molar refractivity (Wildman–Crippen MR) is 44.1 cm³/mol. The third kappa shape index (κ3) is 1.96. The van der Waals surface area contributed by atoms with Crippen LogP contribution in [-0.4, -0.2) is 38.1 Å². The Bertz CT molecular complexity index is 101. The lowest BCUT2D eigenvalue weighted by Crippen LogP contribution is -2.45. The second kappa shape index (κ2) is 3.35. The zero-order valence-corrected chi connectivity index (χ0v) is 7.22. The Morgan fingerprint density at radius 1 is 1.30 bits per heavy atom. The quantitative estimate of drug-likeness (QED) is 0.575. The highest BCUT2D eigenvalue weighted by Gasteiger charge is 2.19. The van der Waals surface area contributed by atoms with Crippen LogP contribution in [-0.2, 0) is 0 Å². The summed E-state index contributed by atoms with van der Waals surface area (Å²) in [6.07, 6.45) is 1.35. The van der Waals surface area contributed by atoms with Crippen LogP contribution in [0, 0.1) is 5.92 Å². The smallest absolute Gasteiger partial charge is 0.0217 e. The van der Waals surface area contributed by atoms with Gasteiger partial charge >= 0.3 is 0 Å². The second-order valence-electron chi connectivity index (χ2n) is 3.62. The van der Waals surface area contributed by atoms with Crippen molar-refractivity contribution < 1.29 is 0 Å². The van der Waals surface area contributed by atoms with Crippen LogP contribution in [0.25, 0.3) is 0 Å². The van der Waals surface area contributed by atoms with Crippen molar-refractivity contribution in [3.8, 4) is 0 Å². The fraction of sp³-hybridized carbons (Fsp3) is 1.00. The molecule has 2 unspecified atom stereocenters. The SMILES string of the molecule is CC1CNCC(N(C)C)C1. The van der Waals surface area contributed by atoms with Crippen molar-refractivity contribution in [1.82, 2.24) is 10.2 Å².